The molecule has 0 unspecified atom stereocenters. The lowest BCUT2D eigenvalue weighted by molar-refractivity contribution is -0.137. The molecular weight excluding hydrogens is 526 g/mol. The molecule has 0 atom stereocenters. The van der Waals surface area contributed by atoms with E-state index in [9.17, 15) is 22.8 Å². The van der Waals surface area contributed by atoms with Gasteiger partial charge in [-0.15, -0.1) is 0 Å². The number of amides is 2. The van der Waals surface area contributed by atoms with Crippen molar-refractivity contribution in [3.63, 3.8) is 0 Å². The molecule has 0 fully saturated rings. The fourth-order valence-electron chi connectivity index (χ4n) is 2.53. The van der Waals surface area contributed by atoms with Crippen LogP contribution >= 0.6 is 23.2 Å². The first kappa shape index (κ1) is 29.2. The summed E-state index contributed by atoms with van der Waals surface area (Å²) in [6.07, 6.45) is -5.01. The molecule has 0 radical (unpaired) electrons. The Labute approximate surface area is 216 Å². The number of hydrogen-bond acceptors (Lipinski definition) is 6. The summed E-state index contributed by atoms with van der Waals surface area (Å²) < 4.78 is 54.1. The van der Waals surface area contributed by atoms with E-state index in [1.165, 1.54) is 11.0 Å². The minimum atomic E-state index is -4.54. The van der Waals surface area contributed by atoms with Gasteiger partial charge in [0.1, 0.15) is 23.7 Å². The van der Waals surface area contributed by atoms with E-state index in [-0.39, 0.29) is 28.9 Å². The number of benzene rings is 2. The number of carbonyl (C=O) groups excluding carboxylic acids is 2. The summed E-state index contributed by atoms with van der Waals surface area (Å²) in [5.74, 6) is -0.319. The summed E-state index contributed by atoms with van der Waals surface area (Å²) in [7, 11) is 1.59. The Morgan fingerprint density at radius 2 is 1.58 bits per heavy atom. The molecule has 0 saturated carbocycles. The summed E-state index contributed by atoms with van der Waals surface area (Å²) >= 11 is 12.0. The minimum absolute atomic E-state index is 0.0679. The molecule has 2 aromatic rings. The van der Waals surface area contributed by atoms with Crippen molar-refractivity contribution in [2.75, 3.05) is 32.2 Å². The summed E-state index contributed by atoms with van der Waals surface area (Å²) in [5.41, 5.74) is 3.90. The molecule has 0 aromatic heterocycles. The predicted molar refractivity (Wildman–Crippen MR) is 130 cm³/mol. The third-order valence-electron chi connectivity index (χ3n) is 4.29. The van der Waals surface area contributed by atoms with Crippen LogP contribution in [0.3, 0.4) is 0 Å². The molecule has 13 heteroatoms. The Balaban J connectivity index is 1.79. The van der Waals surface area contributed by atoms with Crippen molar-refractivity contribution in [1.29, 1.82) is 0 Å². The number of halogens is 5. The lowest BCUT2D eigenvalue weighted by Gasteiger charge is -2.24. The number of carbonyl (C=O) groups is 2. The van der Waals surface area contributed by atoms with Gasteiger partial charge in [0.05, 0.1) is 27.8 Å². The molecule has 198 valence electrons. The molecule has 0 spiro atoms. The molecule has 8 nitrogen and oxygen atoms in total. The Bertz CT molecular complexity index is 1080. The summed E-state index contributed by atoms with van der Waals surface area (Å²) in [6, 6.07) is 7.22. The van der Waals surface area contributed by atoms with Crippen LogP contribution in [0.5, 0.6) is 11.5 Å². The standard InChI is InChI=1S/C23H26Cl2F3N3O5/c1-22(2,3)36-21(33)31(4)9-10-34-18-8-6-15(12-17(18)25)29-30-20(32)13-35-19-7-5-14(11-16(19)24)23(26,27)28/h5-8,11-12,29H,9-10,13H2,1-4H3,(H,30,32). The molecule has 2 aromatic carbocycles. The summed E-state index contributed by atoms with van der Waals surface area (Å²) in [5, 5.41) is -0.0211. The van der Waals surface area contributed by atoms with E-state index in [1.54, 1.807) is 40.0 Å². The summed E-state index contributed by atoms with van der Waals surface area (Å²) in [6.45, 7) is 5.25. The third-order valence-corrected chi connectivity index (χ3v) is 4.88. The van der Waals surface area contributed by atoms with E-state index in [0.29, 0.717) is 17.5 Å². The highest BCUT2D eigenvalue weighted by Gasteiger charge is 2.31. The van der Waals surface area contributed by atoms with Gasteiger partial charge in [0.15, 0.2) is 6.61 Å². The lowest BCUT2D eigenvalue weighted by Crippen LogP contribution is -2.36. The zero-order chi connectivity index (χ0) is 27.1. The predicted octanol–water partition coefficient (Wildman–Crippen LogP) is 5.78. The SMILES string of the molecule is CN(CCOc1ccc(NNC(=O)COc2ccc(C(F)(F)F)cc2Cl)cc1Cl)C(=O)OC(C)(C)C. The maximum atomic E-state index is 12.7. The first-order valence-electron chi connectivity index (χ1n) is 10.6. The lowest BCUT2D eigenvalue weighted by atomic mass is 10.2. The molecule has 0 saturated heterocycles. The number of anilines is 1. The highest BCUT2D eigenvalue weighted by atomic mass is 35.5. The molecule has 0 aliphatic rings. The number of hydrogen-bond donors (Lipinski definition) is 2. The van der Waals surface area contributed by atoms with Crippen LogP contribution in [0.15, 0.2) is 36.4 Å². The fraction of sp³-hybridized carbons (Fsp3) is 0.391. The minimum Gasteiger partial charge on any atom is -0.490 e. The molecule has 0 bridgehead atoms. The molecule has 0 heterocycles. The maximum Gasteiger partial charge on any atom is 0.416 e. The number of ether oxygens (including phenoxy) is 3. The van der Waals surface area contributed by atoms with Crippen LogP contribution in [0, 0.1) is 0 Å². The van der Waals surface area contributed by atoms with Crippen molar-refractivity contribution in [1.82, 2.24) is 10.3 Å². The molecule has 2 N–H and O–H groups in total. The number of rotatable bonds is 9. The third kappa shape index (κ3) is 9.54. The molecular formula is C23H26Cl2F3N3O5. The van der Waals surface area contributed by atoms with Crippen molar-refractivity contribution in [3.8, 4) is 11.5 Å². The van der Waals surface area contributed by atoms with Gasteiger partial charge < -0.3 is 19.1 Å². The Morgan fingerprint density at radius 1 is 0.972 bits per heavy atom. The van der Waals surface area contributed by atoms with Gasteiger partial charge in [0.2, 0.25) is 0 Å². The van der Waals surface area contributed by atoms with Crippen LogP contribution in [0.4, 0.5) is 23.7 Å². The maximum absolute atomic E-state index is 12.7. The first-order valence-corrected chi connectivity index (χ1v) is 11.3. The van der Waals surface area contributed by atoms with Crippen LogP contribution in [0.1, 0.15) is 26.3 Å². The molecule has 0 aliphatic carbocycles. The number of nitrogens with one attached hydrogen (secondary N) is 2. The van der Waals surface area contributed by atoms with Gasteiger partial charge in [-0.3, -0.25) is 15.6 Å². The number of hydrazine groups is 1. The second-order valence-corrected chi connectivity index (χ2v) is 9.31. The monoisotopic (exact) mass is 551 g/mol. The van der Waals surface area contributed by atoms with Crippen molar-refractivity contribution in [2.45, 2.75) is 32.5 Å². The van der Waals surface area contributed by atoms with Gasteiger partial charge in [-0.2, -0.15) is 13.2 Å². The van der Waals surface area contributed by atoms with Gasteiger partial charge in [0, 0.05) is 7.05 Å². The number of nitrogens with zero attached hydrogens (tertiary/aromatic N) is 1. The highest BCUT2D eigenvalue weighted by molar-refractivity contribution is 6.32. The highest BCUT2D eigenvalue weighted by Crippen LogP contribution is 2.34. The Kier molecular flexibility index (Phi) is 9.94. The quantitative estimate of drug-likeness (QED) is 0.384. The van der Waals surface area contributed by atoms with Gasteiger partial charge in [0.25, 0.3) is 5.91 Å². The second-order valence-electron chi connectivity index (χ2n) is 8.50. The van der Waals surface area contributed by atoms with Crippen molar-refractivity contribution in [2.24, 2.45) is 0 Å². The van der Waals surface area contributed by atoms with Crippen molar-refractivity contribution >= 4 is 40.9 Å². The van der Waals surface area contributed by atoms with Crippen molar-refractivity contribution < 1.29 is 37.0 Å². The van der Waals surface area contributed by atoms with E-state index in [4.69, 9.17) is 37.4 Å². The molecule has 36 heavy (non-hydrogen) atoms. The van der Waals surface area contributed by atoms with E-state index >= 15 is 0 Å². The normalized spacial score (nSPS) is 11.5. The Hall–Kier alpha value is -3.05. The average Bonchev–Trinajstić information content (AvgIpc) is 2.76. The fourth-order valence-corrected chi connectivity index (χ4v) is 3.00. The van der Waals surface area contributed by atoms with E-state index < -0.39 is 35.9 Å². The Morgan fingerprint density at radius 3 is 2.17 bits per heavy atom. The van der Waals surface area contributed by atoms with Crippen LogP contribution in [0.25, 0.3) is 0 Å². The second kappa shape index (κ2) is 12.3. The number of alkyl halides is 3. The number of likely N-dealkylation sites (N-methyl/N-ethyl adjacent to an activating group) is 1. The van der Waals surface area contributed by atoms with E-state index in [0.717, 1.165) is 12.1 Å². The van der Waals surface area contributed by atoms with Crippen LogP contribution in [-0.2, 0) is 15.7 Å². The smallest absolute Gasteiger partial charge is 0.416 e. The van der Waals surface area contributed by atoms with Crippen LogP contribution in [-0.4, -0.2) is 49.3 Å². The zero-order valence-corrected chi connectivity index (χ0v) is 21.5. The summed E-state index contributed by atoms with van der Waals surface area (Å²) in [4.78, 5) is 25.3. The molecule has 0 aliphatic heterocycles. The average molecular weight is 552 g/mol. The van der Waals surface area contributed by atoms with Gasteiger partial charge in [-0.1, -0.05) is 23.2 Å². The molecule has 2 amide bonds. The molecule has 2 rings (SSSR count). The van der Waals surface area contributed by atoms with Gasteiger partial charge >= 0.3 is 12.3 Å². The first-order chi connectivity index (χ1) is 16.7. The van der Waals surface area contributed by atoms with E-state index in [2.05, 4.69) is 10.9 Å². The van der Waals surface area contributed by atoms with Gasteiger partial charge in [-0.25, -0.2) is 4.79 Å². The van der Waals surface area contributed by atoms with Crippen LogP contribution in [0.2, 0.25) is 10.0 Å². The van der Waals surface area contributed by atoms with Crippen molar-refractivity contribution in [3.05, 3.63) is 52.0 Å². The van der Waals surface area contributed by atoms with E-state index in [1.807, 2.05) is 0 Å². The zero-order valence-electron chi connectivity index (χ0n) is 20.0. The van der Waals surface area contributed by atoms with Gasteiger partial charge in [-0.05, 0) is 57.2 Å². The topological polar surface area (TPSA) is 89.1 Å². The largest absolute Gasteiger partial charge is 0.490 e. The van der Waals surface area contributed by atoms with Crippen LogP contribution < -0.4 is 20.3 Å².